The van der Waals surface area contributed by atoms with E-state index in [1.807, 2.05) is 12.3 Å². The lowest BCUT2D eigenvalue weighted by atomic mass is 9.37. The third kappa shape index (κ3) is 2.40. The maximum atomic E-state index is 5.04. The van der Waals surface area contributed by atoms with E-state index in [4.69, 9.17) is 9.97 Å². The smallest absolute Gasteiger partial charge is 0.399 e. The molecule has 0 N–H and O–H groups in total. The molecule has 1 aromatic carbocycles. The van der Waals surface area contributed by atoms with Gasteiger partial charge in [0.05, 0.1) is 16.6 Å². The molecule has 13 heteroatoms. The number of imidazole rings is 1. The standard InChI is InChI=1S/C18H25B5N8/c1-19-26(4)20(2)31-21(3)30-17-14(10-9-13-24-17)18-25-15-11-7-8-12-16(15)29(18)23(30)28(6)22(31)27(19)5/h7-13H,1-6H3. The minimum absolute atomic E-state index is 0.00805. The second-order valence-electron chi connectivity index (χ2n) is 9.11. The van der Waals surface area contributed by atoms with Crippen molar-refractivity contribution in [3.8, 4) is 11.4 Å². The lowest BCUT2D eigenvalue weighted by Gasteiger charge is -2.61. The predicted octanol–water partition coefficient (Wildman–Crippen LogP) is 1.21. The summed E-state index contributed by atoms with van der Waals surface area (Å²) in [5.74, 6) is 2.00. The summed E-state index contributed by atoms with van der Waals surface area (Å²) in [6.07, 6.45) is 1.90. The summed E-state index contributed by atoms with van der Waals surface area (Å²) >= 11 is 0. The first-order valence-corrected chi connectivity index (χ1v) is 11.1. The number of para-hydroxylation sites is 2. The monoisotopic (exact) mass is 408 g/mol. The maximum absolute atomic E-state index is 5.04. The molecule has 0 aliphatic carbocycles. The van der Waals surface area contributed by atoms with Crippen molar-refractivity contribution in [2.75, 3.05) is 25.9 Å². The van der Waals surface area contributed by atoms with Gasteiger partial charge in [0.25, 0.3) is 14.0 Å². The first kappa shape index (κ1) is 19.5. The van der Waals surface area contributed by atoms with E-state index in [0.29, 0.717) is 14.0 Å². The van der Waals surface area contributed by atoms with Gasteiger partial charge in [0, 0.05) is 6.20 Å². The fourth-order valence-electron chi connectivity index (χ4n) is 5.90. The van der Waals surface area contributed by atoms with E-state index in [-0.39, 0.29) is 21.2 Å². The third-order valence-corrected chi connectivity index (χ3v) is 7.74. The highest BCUT2D eigenvalue weighted by Gasteiger charge is 2.61. The van der Waals surface area contributed by atoms with Crippen LogP contribution in [-0.4, -0.2) is 89.6 Å². The number of hydrogen-bond donors (Lipinski definition) is 0. The highest BCUT2D eigenvalue weighted by atomic mass is 15.5. The molecule has 3 aliphatic heterocycles. The molecular formula is C18H25B5N8. The number of fused-ring (bicyclic) bond motifs is 9. The molecule has 0 atom stereocenters. The Balaban J connectivity index is 1.62. The molecule has 2 aromatic heterocycles. The summed E-state index contributed by atoms with van der Waals surface area (Å²) in [6, 6.07) is 12.6. The van der Waals surface area contributed by atoms with Gasteiger partial charge in [0.1, 0.15) is 11.6 Å². The first-order chi connectivity index (χ1) is 14.9. The zero-order chi connectivity index (χ0) is 21.6. The van der Waals surface area contributed by atoms with Gasteiger partial charge in [-0.2, -0.15) is 0 Å². The predicted molar refractivity (Wildman–Crippen MR) is 132 cm³/mol. The summed E-state index contributed by atoms with van der Waals surface area (Å²) in [5, 5.41) is 0. The van der Waals surface area contributed by atoms with Crippen molar-refractivity contribution in [2.24, 2.45) is 0 Å². The molecule has 3 aromatic rings. The average Bonchev–Trinajstić information content (AvgIpc) is 3.17. The fraction of sp³-hybridized carbons (Fsp3) is 0.333. The van der Waals surface area contributed by atoms with E-state index < -0.39 is 0 Å². The van der Waals surface area contributed by atoms with Gasteiger partial charge in [0.15, 0.2) is 0 Å². The van der Waals surface area contributed by atoms with Crippen LogP contribution in [0.25, 0.3) is 22.4 Å². The van der Waals surface area contributed by atoms with Crippen molar-refractivity contribution in [2.45, 2.75) is 20.5 Å². The van der Waals surface area contributed by atoms with Crippen molar-refractivity contribution >= 4 is 52.0 Å². The van der Waals surface area contributed by atoms with Crippen molar-refractivity contribution in [3.63, 3.8) is 0 Å². The van der Waals surface area contributed by atoms with Crippen LogP contribution in [0.3, 0.4) is 0 Å². The lowest BCUT2D eigenvalue weighted by Crippen LogP contribution is -2.89. The molecule has 5 heterocycles. The second kappa shape index (κ2) is 6.65. The van der Waals surface area contributed by atoms with E-state index >= 15 is 0 Å². The molecular weight excluding hydrogens is 382 g/mol. The molecule has 0 saturated carbocycles. The van der Waals surface area contributed by atoms with Crippen LogP contribution < -0.4 is 4.72 Å². The maximum Gasteiger partial charge on any atom is 0.456 e. The Hall–Kier alpha value is -2.20. The Bertz CT molecular complexity index is 1170. The Labute approximate surface area is 185 Å². The Morgan fingerprint density at radius 1 is 0.774 bits per heavy atom. The number of benzene rings is 1. The van der Waals surface area contributed by atoms with Crippen LogP contribution >= 0.6 is 0 Å². The van der Waals surface area contributed by atoms with Crippen molar-refractivity contribution in [1.82, 2.24) is 33.2 Å². The minimum atomic E-state index is -0.00805. The van der Waals surface area contributed by atoms with Crippen LogP contribution in [-0.2, 0) is 0 Å². The largest absolute Gasteiger partial charge is 0.456 e. The van der Waals surface area contributed by atoms with Crippen LogP contribution in [0.1, 0.15) is 0 Å². The van der Waals surface area contributed by atoms with Crippen LogP contribution in [0.4, 0.5) is 5.82 Å². The molecule has 2 saturated heterocycles. The van der Waals surface area contributed by atoms with Crippen LogP contribution in [0.5, 0.6) is 0 Å². The molecule has 0 radical (unpaired) electrons. The van der Waals surface area contributed by atoms with Gasteiger partial charge in [-0.25, -0.2) is 9.97 Å². The second-order valence-corrected chi connectivity index (χ2v) is 9.11. The number of aromatic nitrogens is 3. The first-order valence-electron chi connectivity index (χ1n) is 11.1. The molecule has 2 fully saturated rings. The van der Waals surface area contributed by atoms with E-state index in [1.165, 1.54) is 0 Å². The van der Waals surface area contributed by atoms with E-state index in [9.17, 15) is 0 Å². The number of anilines is 1. The van der Waals surface area contributed by atoms with Crippen molar-refractivity contribution in [1.29, 1.82) is 0 Å². The van der Waals surface area contributed by atoms with Gasteiger partial charge in [-0.1, -0.05) is 32.6 Å². The topological polar surface area (TPSA) is 46.9 Å². The number of pyridine rings is 1. The van der Waals surface area contributed by atoms with Gasteiger partial charge < -0.3 is 28.0 Å². The van der Waals surface area contributed by atoms with Gasteiger partial charge >= 0.3 is 21.2 Å². The SMILES string of the molecule is CB1N(C)B(C)N2B(N1C)N(C)B1N(B2C)c2ncccc2-c2nc3ccccc3n21. The van der Waals surface area contributed by atoms with Crippen LogP contribution in [0.15, 0.2) is 42.6 Å². The molecule has 6 rings (SSSR count). The Morgan fingerprint density at radius 3 is 2.35 bits per heavy atom. The zero-order valence-electron chi connectivity index (χ0n) is 19.0. The molecule has 31 heavy (non-hydrogen) atoms. The molecule has 0 spiro atoms. The van der Waals surface area contributed by atoms with Gasteiger partial charge in [-0.05, 0) is 45.4 Å². The highest BCUT2D eigenvalue weighted by molar-refractivity contribution is 7.02. The summed E-state index contributed by atoms with van der Waals surface area (Å²) in [5.41, 5.74) is 3.27. The summed E-state index contributed by atoms with van der Waals surface area (Å²) in [4.78, 5) is 9.91. The summed E-state index contributed by atoms with van der Waals surface area (Å²) < 4.78 is 14.8. The summed E-state index contributed by atoms with van der Waals surface area (Å²) in [7, 11) is 6.83. The molecule has 152 valence electrons. The Kier molecular flexibility index (Phi) is 4.18. The third-order valence-electron chi connectivity index (χ3n) is 7.74. The normalized spacial score (nSPS) is 20.3. The highest BCUT2D eigenvalue weighted by Crippen LogP contribution is 2.41. The van der Waals surface area contributed by atoms with Crippen LogP contribution in [0.2, 0.25) is 20.5 Å². The quantitative estimate of drug-likeness (QED) is 0.519. The number of rotatable bonds is 0. The molecule has 0 amide bonds. The van der Waals surface area contributed by atoms with E-state index in [0.717, 1.165) is 28.2 Å². The van der Waals surface area contributed by atoms with Crippen molar-refractivity contribution < 1.29 is 0 Å². The van der Waals surface area contributed by atoms with E-state index in [2.05, 4.69) is 99.9 Å². The molecule has 8 nitrogen and oxygen atoms in total. The fourth-order valence-corrected chi connectivity index (χ4v) is 5.90. The molecule has 0 unspecified atom stereocenters. The molecule has 0 bridgehead atoms. The summed E-state index contributed by atoms with van der Waals surface area (Å²) in [6.45, 7) is 7.69. The lowest BCUT2D eigenvalue weighted by molar-refractivity contribution is 0.512. The number of hydrogen-bond acceptors (Lipinski definition) is 7. The van der Waals surface area contributed by atoms with Gasteiger partial charge in [-0.3, -0.25) is 0 Å². The zero-order valence-corrected chi connectivity index (χ0v) is 19.0. The van der Waals surface area contributed by atoms with Crippen molar-refractivity contribution in [3.05, 3.63) is 42.6 Å². The Morgan fingerprint density at radius 2 is 1.55 bits per heavy atom. The average molecular weight is 408 g/mol. The van der Waals surface area contributed by atoms with Gasteiger partial charge in [0.2, 0.25) is 0 Å². The van der Waals surface area contributed by atoms with Crippen LogP contribution in [0, 0.1) is 0 Å². The van der Waals surface area contributed by atoms with Gasteiger partial charge in [-0.15, -0.1) is 0 Å². The number of nitrogens with zero attached hydrogens (tertiary/aromatic N) is 8. The minimum Gasteiger partial charge on any atom is -0.399 e. The van der Waals surface area contributed by atoms with E-state index in [1.54, 1.807) is 0 Å². The molecule has 3 aliphatic rings.